The number of hydrogen-bond donors (Lipinski definition) is 2. The molecule has 0 radical (unpaired) electrons. The standard InChI is InChI=1S/C22H23FN6O3S/c1-28-14-24-27-22(28)33-13-20(30)25-16-4-2-3-15(11-16)21(31)26-17-5-6-19(18(23)12-17)29-7-9-32-10-8-29/h2-6,11-12,14H,7-10,13H2,1H3,(H,25,30)(H,26,31). The number of ether oxygens (including phenoxy) is 1. The summed E-state index contributed by atoms with van der Waals surface area (Å²) in [6.45, 7) is 2.36. The van der Waals surface area contributed by atoms with Crippen LogP contribution in [0.25, 0.3) is 0 Å². The molecule has 2 N–H and O–H groups in total. The molecule has 1 aliphatic heterocycles. The zero-order chi connectivity index (χ0) is 23.2. The van der Waals surface area contributed by atoms with Crippen LogP contribution in [0.1, 0.15) is 10.4 Å². The summed E-state index contributed by atoms with van der Waals surface area (Å²) in [5.41, 5.74) is 1.66. The summed E-state index contributed by atoms with van der Waals surface area (Å²) in [4.78, 5) is 26.8. The van der Waals surface area contributed by atoms with Crippen molar-refractivity contribution in [3.8, 4) is 0 Å². The number of carbonyl (C=O) groups is 2. The van der Waals surface area contributed by atoms with Crippen LogP contribution >= 0.6 is 11.8 Å². The minimum Gasteiger partial charge on any atom is -0.378 e. The molecule has 33 heavy (non-hydrogen) atoms. The molecule has 2 amide bonds. The number of nitrogens with one attached hydrogen (secondary N) is 2. The Kier molecular flexibility index (Phi) is 7.20. The number of carbonyl (C=O) groups excluding carboxylic acids is 2. The van der Waals surface area contributed by atoms with Gasteiger partial charge < -0.3 is 24.8 Å². The van der Waals surface area contributed by atoms with Crippen LogP contribution in [0.2, 0.25) is 0 Å². The van der Waals surface area contributed by atoms with Crippen LogP contribution in [0.5, 0.6) is 0 Å². The molecule has 11 heteroatoms. The molecular formula is C22H23FN6O3S. The van der Waals surface area contributed by atoms with Crippen molar-refractivity contribution in [1.82, 2.24) is 14.8 Å². The van der Waals surface area contributed by atoms with Crippen LogP contribution < -0.4 is 15.5 Å². The predicted octanol–water partition coefficient (Wildman–Crippen LogP) is 2.77. The van der Waals surface area contributed by atoms with Crippen molar-refractivity contribution in [2.45, 2.75) is 5.16 Å². The van der Waals surface area contributed by atoms with Gasteiger partial charge in [-0.1, -0.05) is 17.8 Å². The van der Waals surface area contributed by atoms with E-state index in [9.17, 15) is 14.0 Å². The number of amides is 2. The Labute approximate surface area is 194 Å². The second-order valence-electron chi connectivity index (χ2n) is 7.36. The number of benzene rings is 2. The molecule has 2 heterocycles. The number of morpholine rings is 1. The molecule has 1 aliphatic rings. The first-order chi connectivity index (χ1) is 16.0. The first-order valence-corrected chi connectivity index (χ1v) is 11.3. The predicted molar refractivity (Wildman–Crippen MR) is 124 cm³/mol. The lowest BCUT2D eigenvalue weighted by Crippen LogP contribution is -2.36. The highest BCUT2D eigenvalue weighted by Gasteiger charge is 2.16. The second-order valence-corrected chi connectivity index (χ2v) is 8.30. The van der Waals surface area contributed by atoms with E-state index in [1.54, 1.807) is 54.3 Å². The number of nitrogens with zero attached hydrogens (tertiary/aromatic N) is 4. The van der Waals surface area contributed by atoms with Gasteiger partial charge in [-0.15, -0.1) is 10.2 Å². The quantitative estimate of drug-likeness (QED) is 0.512. The third kappa shape index (κ3) is 5.88. The molecule has 1 aromatic heterocycles. The molecule has 1 saturated heterocycles. The average Bonchev–Trinajstić information content (AvgIpc) is 3.23. The van der Waals surface area contributed by atoms with Gasteiger partial charge in [0.2, 0.25) is 5.91 Å². The third-order valence-corrected chi connectivity index (χ3v) is 6.00. The van der Waals surface area contributed by atoms with Gasteiger partial charge in [-0.05, 0) is 36.4 Å². The highest BCUT2D eigenvalue weighted by molar-refractivity contribution is 7.99. The first-order valence-electron chi connectivity index (χ1n) is 10.3. The van der Waals surface area contributed by atoms with Gasteiger partial charge in [0.15, 0.2) is 5.16 Å². The van der Waals surface area contributed by atoms with Crippen molar-refractivity contribution in [2.24, 2.45) is 7.05 Å². The van der Waals surface area contributed by atoms with Crippen LogP contribution in [-0.2, 0) is 16.6 Å². The number of rotatable bonds is 7. The van der Waals surface area contributed by atoms with E-state index in [4.69, 9.17) is 4.74 Å². The van der Waals surface area contributed by atoms with E-state index >= 15 is 0 Å². The minimum atomic E-state index is -0.406. The number of aromatic nitrogens is 3. The summed E-state index contributed by atoms with van der Waals surface area (Å²) in [5, 5.41) is 13.8. The van der Waals surface area contributed by atoms with Crippen molar-refractivity contribution in [2.75, 3.05) is 47.6 Å². The largest absolute Gasteiger partial charge is 0.378 e. The van der Waals surface area contributed by atoms with E-state index in [1.165, 1.54) is 17.8 Å². The van der Waals surface area contributed by atoms with E-state index in [-0.39, 0.29) is 11.7 Å². The fraction of sp³-hybridized carbons (Fsp3) is 0.273. The smallest absolute Gasteiger partial charge is 0.255 e. The number of hydrogen-bond acceptors (Lipinski definition) is 7. The zero-order valence-corrected chi connectivity index (χ0v) is 18.8. The molecule has 0 bridgehead atoms. The van der Waals surface area contributed by atoms with Crippen molar-refractivity contribution in [3.63, 3.8) is 0 Å². The van der Waals surface area contributed by atoms with Crippen LogP contribution in [0.3, 0.4) is 0 Å². The highest BCUT2D eigenvalue weighted by atomic mass is 32.2. The number of anilines is 3. The maximum atomic E-state index is 14.6. The Balaban J connectivity index is 1.35. The monoisotopic (exact) mass is 470 g/mol. The molecule has 0 spiro atoms. The van der Waals surface area contributed by atoms with Crippen molar-refractivity contribution in [1.29, 1.82) is 0 Å². The summed E-state index contributed by atoms with van der Waals surface area (Å²) >= 11 is 1.26. The lowest BCUT2D eigenvalue weighted by atomic mass is 10.1. The Morgan fingerprint density at radius 2 is 1.91 bits per heavy atom. The van der Waals surface area contributed by atoms with Crippen LogP contribution in [0.4, 0.5) is 21.5 Å². The van der Waals surface area contributed by atoms with E-state index in [2.05, 4.69) is 20.8 Å². The first kappa shape index (κ1) is 22.7. The van der Waals surface area contributed by atoms with Gasteiger partial charge in [-0.2, -0.15) is 0 Å². The molecule has 0 aliphatic carbocycles. The molecule has 172 valence electrons. The molecule has 1 fully saturated rings. The second kappa shape index (κ2) is 10.5. The van der Waals surface area contributed by atoms with Crippen molar-refractivity contribution >= 4 is 40.6 Å². The molecule has 9 nitrogen and oxygen atoms in total. The van der Waals surface area contributed by atoms with Crippen molar-refractivity contribution < 1.29 is 18.7 Å². The summed E-state index contributed by atoms with van der Waals surface area (Å²) in [5.74, 6) is -0.895. The van der Waals surface area contributed by atoms with Gasteiger partial charge in [0, 0.05) is 37.1 Å². The molecule has 0 saturated carbocycles. The summed E-state index contributed by atoms with van der Waals surface area (Å²) in [6, 6.07) is 11.2. The molecular weight excluding hydrogens is 447 g/mol. The Morgan fingerprint density at radius 1 is 1.12 bits per heavy atom. The summed E-state index contributed by atoms with van der Waals surface area (Å²) in [7, 11) is 1.80. The van der Waals surface area contributed by atoms with Gasteiger partial charge in [0.1, 0.15) is 12.1 Å². The van der Waals surface area contributed by atoms with Gasteiger partial charge in [-0.3, -0.25) is 9.59 Å². The SMILES string of the molecule is Cn1cnnc1SCC(=O)Nc1cccc(C(=O)Nc2ccc(N3CCOCC3)c(F)c2)c1. The maximum Gasteiger partial charge on any atom is 0.255 e. The van der Waals surface area contributed by atoms with Crippen LogP contribution in [0.15, 0.2) is 53.9 Å². The summed E-state index contributed by atoms with van der Waals surface area (Å²) in [6.07, 6.45) is 1.56. The van der Waals surface area contributed by atoms with Gasteiger partial charge in [0.05, 0.1) is 24.7 Å². The molecule has 0 atom stereocenters. The molecule has 4 rings (SSSR count). The highest BCUT2D eigenvalue weighted by Crippen LogP contribution is 2.24. The van der Waals surface area contributed by atoms with Crippen molar-refractivity contribution in [3.05, 3.63) is 60.2 Å². The van der Waals surface area contributed by atoms with E-state index in [1.807, 2.05) is 4.90 Å². The Morgan fingerprint density at radius 3 is 2.64 bits per heavy atom. The number of thioether (sulfide) groups is 1. The lowest BCUT2D eigenvalue weighted by molar-refractivity contribution is -0.113. The fourth-order valence-electron chi connectivity index (χ4n) is 3.32. The third-order valence-electron chi connectivity index (χ3n) is 4.97. The van der Waals surface area contributed by atoms with E-state index in [0.29, 0.717) is 54.1 Å². The Hall–Kier alpha value is -3.44. The number of halogens is 1. The fourth-order valence-corrected chi connectivity index (χ4v) is 4.01. The zero-order valence-electron chi connectivity index (χ0n) is 18.0. The van der Waals surface area contributed by atoms with Crippen LogP contribution in [-0.4, -0.2) is 58.6 Å². The van der Waals surface area contributed by atoms with Gasteiger partial charge >= 0.3 is 0 Å². The van der Waals surface area contributed by atoms with E-state index in [0.717, 1.165) is 0 Å². The maximum absolute atomic E-state index is 14.6. The number of aryl methyl sites for hydroxylation is 1. The molecule has 3 aromatic rings. The average molecular weight is 471 g/mol. The normalized spacial score (nSPS) is 13.6. The van der Waals surface area contributed by atoms with Crippen LogP contribution in [0, 0.1) is 5.82 Å². The molecule has 0 unspecified atom stereocenters. The Bertz CT molecular complexity index is 1150. The lowest BCUT2D eigenvalue weighted by Gasteiger charge is -2.29. The van der Waals surface area contributed by atoms with Gasteiger partial charge in [0.25, 0.3) is 5.91 Å². The minimum absolute atomic E-state index is 0.151. The van der Waals surface area contributed by atoms with E-state index < -0.39 is 11.7 Å². The van der Waals surface area contributed by atoms with Gasteiger partial charge in [-0.25, -0.2) is 4.39 Å². The topological polar surface area (TPSA) is 101 Å². The molecule has 2 aromatic carbocycles. The summed E-state index contributed by atoms with van der Waals surface area (Å²) < 4.78 is 21.6.